The summed E-state index contributed by atoms with van der Waals surface area (Å²) in [7, 11) is 0. The second-order valence-corrected chi connectivity index (χ2v) is 7.95. The Labute approximate surface area is 168 Å². The topological polar surface area (TPSA) is 68.2 Å². The Bertz CT molecular complexity index is 960. The quantitative estimate of drug-likeness (QED) is 0.669. The van der Waals surface area contributed by atoms with Gasteiger partial charge in [-0.2, -0.15) is 0 Å². The summed E-state index contributed by atoms with van der Waals surface area (Å²) in [6, 6.07) is 7.70. The molecule has 1 aliphatic rings. The third-order valence-electron chi connectivity index (χ3n) is 4.94. The van der Waals surface area contributed by atoms with E-state index < -0.39 is 0 Å². The molecule has 0 saturated carbocycles. The van der Waals surface area contributed by atoms with Crippen molar-refractivity contribution >= 4 is 17.2 Å². The van der Waals surface area contributed by atoms with E-state index in [0.29, 0.717) is 23.1 Å². The first-order valence-corrected chi connectivity index (χ1v) is 10.2. The van der Waals surface area contributed by atoms with E-state index in [9.17, 15) is 4.79 Å². The fraction of sp³-hybridized carbons (Fsp3) is 0.333. The van der Waals surface area contributed by atoms with Crippen LogP contribution in [0.3, 0.4) is 0 Å². The average Bonchev–Trinajstić information content (AvgIpc) is 3.19. The van der Waals surface area contributed by atoms with Crippen molar-refractivity contribution in [3.05, 3.63) is 58.7 Å². The normalized spacial score (nSPS) is 19.4. The Morgan fingerprint density at radius 2 is 2.00 bits per heavy atom. The van der Waals surface area contributed by atoms with Crippen molar-refractivity contribution in [1.29, 1.82) is 0 Å². The van der Waals surface area contributed by atoms with Crippen LogP contribution in [-0.4, -0.2) is 44.4 Å². The van der Waals surface area contributed by atoms with Crippen molar-refractivity contribution in [3.63, 3.8) is 0 Å². The number of nitrogens with zero attached hydrogens (tertiary/aromatic N) is 4. The molecule has 0 N–H and O–H groups in total. The molecule has 1 saturated heterocycles. The fourth-order valence-corrected chi connectivity index (χ4v) is 4.26. The van der Waals surface area contributed by atoms with Crippen LogP contribution in [0.2, 0.25) is 0 Å². The van der Waals surface area contributed by atoms with Gasteiger partial charge in [-0.05, 0) is 55.8 Å². The number of ether oxygens (including phenoxy) is 1. The van der Waals surface area contributed by atoms with E-state index in [4.69, 9.17) is 4.74 Å². The third-order valence-corrected chi connectivity index (χ3v) is 5.85. The predicted molar refractivity (Wildman–Crippen MR) is 108 cm³/mol. The number of pyridine rings is 1. The van der Waals surface area contributed by atoms with E-state index in [1.54, 1.807) is 24.7 Å². The zero-order valence-corrected chi connectivity index (χ0v) is 16.7. The molecule has 2 atom stereocenters. The summed E-state index contributed by atoms with van der Waals surface area (Å²) in [5.41, 5.74) is 1.89. The summed E-state index contributed by atoms with van der Waals surface area (Å²) in [6.07, 6.45) is 6.86. The van der Waals surface area contributed by atoms with Crippen LogP contribution in [0.4, 0.5) is 0 Å². The molecule has 28 heavy (non-hydrogen) atoms. The summed E-state index contributed by atoms with van der Waals surface area (Å²) in [5, 5.41) is 1.91. The molecule has 1 aliphatic heterocycles. The highest BCUT2D eigenvalue weighted by Gasteiger charge is 2.32. The molecular weight excluding hydrogens is 372 g/mol. The van der Waals surface area contributed by atoms with Crippen molar-refractivity contribution < 1.29 is 9.53 Å². The van der Waals surface area contributed by atoms with Gasteiger partial charge in [0.15, 0.2) is 5.82 Å². The average molecular weight is 395 g/mol. The summed E-state index contributed by atoms with van der Waals surface area (Å²) < 4.78 is 6.07. The Morgan fingerprint density at radius 3 is 2.79 bits per heavy atom. The summed E-state index contributed by atoms with van der Waals surface area (Å²) >= 11 is 1.43. The maximum absolute atomic E-state index is 13.3. The molecule has 0 radical (unpaired) electrons. The van der Waals surface area contributed by atoms with Gasteiger partial charge >= 0.3 is 0 Å². The zero-order chi connectivity index (χ0) is 19.5. The van der Waals surface area contributed by atoms with E-state index in [2.05, 4.69) is 21.9 Å². The van der Waals surface area contributed by atoms with E-state index in [1.807, 2.05) is 35.4 Å². The van der Waals surface area contributed by atoms with Gasteiger partial charge in [0.25, 0.3) is 5.91 Å². The molecule has 144 valence electrons. The van der Waals surface area contributed by atoms with Crippen LogP contribution in [0, 0.1) is 6.92 Å². The third kappa shape index (κ3) is 3.89. The lowest BCUT2D eigenvalue weighted by Gasteiger charge is -2.37. The standard InChI is InChI=1S/C21H22N4O2S/c1-14-6-10-22-18(12-14)27-16-5-4-15(2)25(13-16)21(26)19-17(7-11-28-19)20-23-8-3-9-24-20/h3,6-12,15-16H,4-5,13H2,1-2H3/t15-,16-/m1/s1. The van der Waals surface area contributed by atoms with Gasteiger partial charge in [-0.1, -0.05) is 0 Å². The molecular formula is C21H22N4O2S. The number of carbonyl (C=O) groups excluding carboxylic acids is 1. The van der Waals surface area contributed by atoms with Crippen molar-refractivity contribution in [1.82, 2.24) is 19.9 Å². The number of carbonyl (C=O) groups is 1. The van der Waals surface area contributed by atoms with Gasteiger partial charge in [0.05, 0.1) is 6.54 Å². The number of hydrogen-bond donors (Lipinski definition) is 0. The van der Waals surface area contributed by atoms with E-state index in [0.717, 1.165) is 24.0 Å². The number of thiophene rings is 1. The lowest BCUT2D eigenvalue weighted by molar-refractivity contribution is 0.0377. The molecule has 4 rings (SSSR count). The van der Waals surface area contributed by atoms with Crippen molar-refractivity contribution in [3.8, 4) is 17.3 Å². The number of hydrogen-bond acceptors (Lipinski definition) is 6. The second-order valence-electron chi connectivity index (χ2n) is 7.03. The predicted octanol–water partition coefficient (Wildman–Crippen LogP) is 3.98. The van der Waals surface area contributed by atoms with Crippen molar-refractivity contribution in [2.24, 2.45) is 0 Å². The Hall–Kier alpha value is -2.80. The van der Waals surface area contributed by atoms with Gasteiger partial charge < -0.3 is 9.64 Å². The molecule has 7 heteroatoms. The highest BCUT2D eigenvalue weighted by Crippen LogP contribution is 2.30. The molecule has 0 aromatic carbocycles. The molecule has 3 aromatic rings. The van der Waals surface area contributed by atoms with Gasteiger partial charge in [0.2, 0.25) is 5.88 Å². The molecule has 3 aromatic heterocycles. The second kappa shape index (κ2) is 8.06. The maximum atomic E-state index is 13.3. The summed E-state index contributed by atoms with van der Waals surface area (Å²) in [5.74, 6) is 1.20. The highest BCUT2D eigenvalue weighted by atomic mass is 32.1. The SMILES string of the molecule is Cc1ccnc(O[C@@H]2CC[C@@H](C)N(C(=O)c3sccc3-c3ncccn3)C2)c1. The Kier molecular flexibility index (Phi) is 5.34. The van der Waals surface area contributed by atoms with Crippen LogP contribution >= 0.6 is 11.3 Å². The minimum atomic E-state index is -0.0640. The van der Waals surface area contributed by atoms with Crippen LogP contribution in [0.15, 0.2) is 48.2 Å². The van der Waals surface area contributed by atoms with E-state index >= 15 is 0 Å². The van der Waals surface area contributed by atoms with Crippen LogP contribution in [-0.2, 0) is 0 Å². The number of amides is 1. The van der Waals surface area contributed by atoms with Gasteiger partial charge in [-0.15, -0.1) is 11.3 Å². The zero-order valence-electron chi connectivity index (χ0n) is 15.9. The fourth-order valence-electron chi connectivity index (χ4n) is 3.42. The van der Waals surface area contributed by atoms with Gasteiger partial charge in [0, 0.05) is 36.3 Å². The molecule has 1 amide bonds. The minimum absolute atomic E-state index is 0.00968. The minimum Gasteiger partial charge on any atom is -0.472 e. The van der Waals surface area contributed by atoms with Crippen LogP contribution in [0.25, 0.3) is 11.4 Å². The van der Waals surface area contributed by atoms with Gasteiger partial charge in [-0.3, -0.25) is 4.79 Å². The van der Waals surface area contributed by atoms with Gasteiger partial charge in [0.1, 0.15) is 11.0 Å². The van der Waals surface area contributed by atoms with Crippen molar-refractivity contribution in [2.75, 3.05) is 6.54 Å². The van der Waals surface area contributed by atoms with E-state index in [-0.39, 0.29) is 18.1 Å². The first-order chi connectivity index (χ1) is 13.6. The first kappa shape index (κ1) is 18.6. The summed E-state index contributed by atoms with van der Waals surface area (Å²) in [6.45, 7) is 4.64. The number of likely N-dealkylation sites (tertiary alicyclic amines) is 1. The Morgan fingerprint density at radius 1 is 1.18 bits per heavy atom. The highest BCUT2D eigenvalue weighted by molar-refractivity contribution is 7.12. The summed E-state index contributed by atoms with van der Waals surface area (Å²) in [4.78, 5) is 28.8. The number of aryl methyl sites for hydroxylation is 1. The van der Waals surface area contributed by atoms with Crippen LogP contribution in [0.1, 0.15) is 35.0 Å². The molecule has 0 aliphatic carbocycles. The lowest BCUT2D eigenvalue weighted by Crippen LogP contribution is -2.49. The number of rotatable bonds is 4. The first-order valence-electron chi connectivity index (χ1n) is 9.37. The molecule has 0 unspecified atom stereocenters. The Balaban J connectivity index is 1.53. The van der Waals surface area contributed by atoms with E-state index in [1.165, 1.54) is 11.3 Å². The molecule has 0 bridgehead atoms. The smallest absolute Gasteiger partial charge is 0.265 e. The molecule has 6 nitrogen and oxygen atoms in total. The van der Waals surface area contributed by atoms with Crippen LogP contribution < -0.4 is 4.74 Å². The lowest BCUT2D eigenvalue weighted by atomic mass is 10.0. The largest absolute Gasteiger partial charge is 0.472 e. The van der Waals surface area contributed by atoms with Crippen molar-refractivity contribution in [2.45, 2.75) is 38.8 Å². The maximum Gasteiger partial charge on any atom is 0.265 e. The molecule has 1 fully saturated rings. The van der Waals surface area contributed by atoms with Gasteiger partial charge in [-0.25, -0.2) is 15.0 Å². The monoisotopic (exact) mass is 394 g/mol. The van der Waals surface area contributed by atoms with Crippen LogP contribution in [0.5, 0.6) is 5.88 Å². The number of piperidine rings is 1. The number of aromatic nitrogens is 3. The molecule has 0 spiro atoms. The molecule has 4 heterocycles.